The maximum absolute atomic E-state index is 12.4. The van der Waals surface area contributed by atoms with E-state index in [0.29, 0.717) is 27.7 Å². The summed E-state index contributed by atoms with van der Waals surface area (Å²) in [7, 11) is 1.89. The molecule has 1 heterocycles. The smallest absolute Gasteiger partial charge is 0.255 e. The first-order chi connectivity index (χ1) is 14.5. The molecule has 0 unspecified atom stereocenters. The Morgan fingerprint density at radius 3 is 2.60 bits per heavy atom. The molecule has 5 nitrogen and oxygen atoms in total. The van der Waals surface area contributed by atoms with Crippen molar-refractivity contribution in [2.45, 2.75) is 0 Å². The monoisotopic (exact) mass is 412 g/mol. The number of para-hydroxylation sites is 2. The summed E-state index contributed by atoms with van der Waals surface area (Å²) in [6.07, 6.45) is 1.76. The topological polar surface area (TPSA) is 70.7 Å². The molecule has 1 N–H and O–H groups in total. The zero-order valence-electron chi connectivity index (χ0n) is 16.1. The van der Waals surface area contributed by atoms with Crippen molar-refractivity contribution in [2.75, 3.05) is 5.32 Å². The van der Waals surface area contributed by atoms with Crippen LogP contribution in [0.15, 0.2) is 72.8 Å². The Hall–Kier alpha value is -3.88. The van der Waals surface area contributed by atoms with E-state index in [-0.39, 0.29) is 5.91 Å². The Morgan fingerprint density at radius 1 is 1.10 bits per heavy atom. The minimum Gasteiger partial charge on any atom is -0.327 e. The maximum Gasteiger partial charge on any atom is 0.255 e. The molecule has 6 heteroatoms. The Labute approximate surface area is 178 Å². The van der Waals surface area contributed by atoms with Crippen LogP contribution in [-0.4, -0.2) is 15.5 Å². The van der Waals surface area contributed by atoms with E-state index < -0.39 is 0 Å². The van der Waals surface area contributed by atoms with Crippen LogP contribution < -0.4 is 5.32 Å². The van der Waals surface area contributed by atoms with Crippen molar-refractivity contribution < 1.29 is 4.79 Å². The highest BCUT2D eigenvalue weighted by atomic mass is 35.5. The molecule has 4 aromatic rings. The number of benzene rings is 3. The second-order valence-corrected chi connectivity index (χ2v) is 7.18. The van der Waals surface area contributed by atoms with Gasteiger partial charge < -0.3 is 9.88 Å². The highest BCUT2D eigenvalue weighted by molar-refractivity contribution is 6.30. The van der Waals surface area contributed by atoms with Gasteiger partial charge in [0.1, 0.15) is 6.07 Å². The summed E-state index contributed by atoms with van der Waals surface area (Å²) >= 11 is 5.88. The van der Waals surface area contributed by atoms with Gasteiger partial charge in [-0.15, -0.1) is 0 Å². The molecule has 146 valence electrons. The summed E-state index contributed by atoms with van der Waals surface area (Å²) in [5.41, 5.74) is 4.16. The molecule has 3 aromatic carbocycles. The number of carbonyl (C=O) groups is 1. The van der Waals surface area contributed by atoms with Crippen molar-refractivity contribution >= 4 is 45.9 Å². The quantitative estimate of drug-likeness (QED) is 0.447. The molecule has 0 aliphatic carbocycles. The predicted molar refractivity (Wildman–Crippen MR) is 120 cm³/mol. The minimum atomic E-state index is -0.233. The molecule has 0 bridgehead atoms. The largest absolute Gasteiger partial charge is 0.327 e. The van der Waals surface area contributed by atoms with Gasteiger partial charge in [0.25, 0.3) is 5.91 Å². The van der Waals surface area contributed by atoms with Crippen molar-refractivity contribution in [2.24, 2.45) is 7.05 Å². The standard InChI is InChI=1S/C24H17ClN4O/c1-29-22-8-3-2-7-21(22)28-23(29)18(15-26)13-16-5-4-6-20(14-16)27-24(30)17-9-11-19(25)12-10-17/h2-14H,1H3,(H,27,30). The maximum atomic E-state index is 12.4. The lowest BCUT2D eigenvalue weighted by Gasteiger charge is -2.07. The van der Waals surface area contributed by atoms with Crippen molar-refractivity contribution in [1.29, 1.82) is 5.26 Å². The van der Waals surface area contributed by atoms with Gasteiger partial charge in [-0.2, -0.15) is 5.26 Å². The van der Waals surface area contributed by atoms with Crippen molar-refractivity contribution in [3.63, 3.8) is 0 Å². The highest BCUT2D eigenvalue weighted by Gasteiger charge is 2.12. The van der Waals surface area contributed by atoms with E-state index in [9.17, 15) is 10.1 Å². The Morgan fingerprint density at radius 2 is 1.87 bits per heavy atom. The average molecular weight is 413 g/mol. The molecule has 0 aliphatic rings. The number of carbonyl (C=O) groups excluding carboxylic acids is 1. The van der Waals surface area contributed by atoms with Crippen LogP contribution in [0.3, 0.4) is 0 Å². The molecule has 0 radical (unpaired) electrons. The van der Waals surface area contributed by atoms with Gasteiger partial charge in [-0.3, -0.25) is 4.79 Å². The van der Waals surface area contributed by atoms with Crippen molar-refractivity contribution in [3.8, 4) is 6.07 Å². The second-order valence-electron chi connectivity index (χ2n) is 6.74. The normalized spacial score (nSPS) is 11.3. The first kappa shape index (κ1) is 19.4. The fourth-order valence-electron chi connectivity index (χ4n) is 3.21. The van der Waals surface area contributed by atoms with Crippen LogP contribution in [0.5, 0.6) is 0 Å². The molecule has 0 saturated carbocycles. The highest BCUT2D eigenvalue weighted by Crippen LogP contribution is 2.23. The van der Waals surface area contributed by atoms with E-state index in [1.165, 1.54) is 0 Å². The number of allylic oxidation sites excluding steroid dienone is 1. The van der Waals surface area contributed by atoms with Crippen LogP contribution in [0, 0.1) is 11.3 Å². The van der Waals surface area contributed by atoms with E-state index in [0.717, 1.165) is 16.6 Å². The molecule has 4 rings (SSSR count). The molecule has 30 heavy (non-hydrogen) atoms. The number of aromatic nitrogens is 2. The van der Waals surface area contributed by atoms with Gasteiger partial charge in [0.2, 0.25) is 0 Å². The summed E-state index contributed by atoms with van der Waals surface area (Å²) in [6, 6.07) is 24.0. The minimum absolute atomic E-state index is 0.233. The van der Waals surface area contributed by atoms with Gasteiger partial charge in [0, 0.05) is 23.3 Å². The number of nitrogens with one attached hydrogen (secondary N) is 1. The van der Waals surface area contributed by atoms with E-state index >= 15 is 0 Å². The van der Waals surface area contributed by atoms with E-state index in [4.69, 9.17) is 11.6 Å². The van der Waals surface area contributed by atoms with Crippen LogP contribution >= 0.6 is 11.6 Å². The Balaban J connectivity index is 1.63. The molecular formula is C24H17ClN4O. The number of aryl methyl sites for hydroxylation is 1. The molecule has 1 aromatic heterocycles. The molecular weight excluding hydrogens is 396 g/mol. The zero-order chi connectivity index (χ0) is 21.1. The SMILES string of the molecule is Cn1c(C(C#N)=Cc2cccc(NC(=O)c3ccc(Cl)cc3)c2)nc2ccccc21. The van der Waals surface area contributed by atoms with Crippen molar-refractivity contribution in [1.82, 2.24) is 9.55 Å². The number of halogens is 1. The zero-order valence-corrected chi connectivity index (χ0v) is 16.9. The molecule has 0 saturated heterocycles. The first-order valence-electron chi connectivity index (χ1n) is 9.26. The molecule has 0 fully saturated rings. The Bertz CT molecular complexity index is 1310. The lowest BCUT2D eigenvalue weighted by molar-refractivity contribution is 0.102. The van der Waals surface area contributed by atoms with E-state index in [1.54, 1.807) is 36.4 Å². The van der Waals surface area contributed by atoms with Gasteiger partial charge in [0.15, 0.2) is 5.82 Å². The average Bonchev–Trinajstić information content (AvgIpc) is 3.09. The summed E-state index contributed by atoms with van der Waals surface area (Å²) in [4.78, 5) is 17.0. The lowest BCUT2D eigenvalue weighted by Crippen LogP contribution is -2.11. The number of amides is 1. The fraction of sp³-hybridized carbons (Fsp3) is 0.0417. The van der Waals surface area contributed by atoms with Gasteiger partial charge in [-0.1, -0.05) is 35.9 Å². The summed E-state index contributed by atoms with van der Waals surface area (Å²) in [5.74, 6) is 0.359. The Kier molecular flexibility index (Phi) is 5.34. The second kappa shape index (κ2) is 8.24. The molecule has 0 spiro atoms. The summed E-state index contributed by atoms with van der Waals surface area (Å²) in [5, 5.41) is 13.2. The molecule has 0 aliphatic heterocycles. The number of fused-ring (bicyclic) bond motifs is 1. The van der Waals surface area contributed by atoms with Crippen LogP contribution in [-0.2, 0) is 7.05 Å². The van der Waals surface area contributed by atoms with Crippen LogP contribution in [0.25, 0.3) is 22.7 Å². The predicted octanol–water partition coefficient (Wildman–Crippen LogP) is 5.54. The summed E-state index contributed by atoms with van der Waals surface area (Å²) in [6.45, 7) is 0. The first-order valence-corrected chi connectivity index (χ1v) is 9.63. The number of hydrogen-bond acceptors (Lipinski definition) is 3. The molecule has 1 amide bonds. The van der Waals surface area contributed by atoms with Gasteiger partial charge >= 0.3 is 0 Å². The molecule has 0 atom stereocenters. The number of nitriles is 1. The lowest BCUT2D eigenvalue weighted by atomic mass is 10.1. The van der Waals surface area contributed by atoms with Gasteiger partial charge in [-0.25, -0.2) is 4.98 Å². The van der Waals surface area contributed by atoms with Crippen LogP contribution in [0.2, 0.25) is 5.02 Å². The third-order valence-electron chi connectivity index (χ3n) is 4.71. The van der Waals surface area contributed by atoms with Crippen LogP contribution in [0.4, 0.5) is 5.69 Å². The van der Waals surface area contributed by atoms with Crippen molar-refractivity contribution in [3.05, 3.63) is 94.8 Å². The third kappa shape index (κ3) is 3.95. The number of hydrogen-bond donors (Lipinski definition) is 1. The fourth-order valence-corrected chi connectivity index (χ4v) is 3.34. The van der Waals surface area contributed by atoms with E-state index in [1.807, 2.05) is 54.1 Å². The summed E-state index contributed by atoms with van der Waals surface area (Å²) < 4.78 is 1.90. The van der Waals surface area contributed by atoms with Crippen LogP contribution in [0.1, 0.15) is 21.7 Å². The number of imidazole rings is 1. The number of rotatable bonds is 4. The van der Waals surface area contributed by atoms with Gasteiger partial charge in [0.05, 0.1) is 16.6 Å². The van der Waals surface area contributed by atoms with Gasteiger partial charge in [-0.05, 0) is 60.2 Å². The van der Waals surface area contributed by atoms with E-state index in [2.05, 4.69) is 16.4 Å². The number of nitrogens with zero attached hydrogens (tertiary/aromatic N) is 3. The third-order valence-corrected chi connectivity index (χ3v) is 4.96. The number of anilines is 1.